The van der Waals surface area contributed by atoms with E-state index in [0.29, 0.717) is 53.5 Å². The van der Waals surface area contributed by atoms with Gasteiger partial charge >= 0.3 is 12.1 Å². The summed E-state index contributed by atoms with van der Waals surface area (Å²) in [6.07, 6.45) is 4.41. The van der Waals surface area contributed by atoms with Gasteiger partial charge in [0.25, 0.3) is 0 Å². The number of fused-ring (bicyclic) bond motifs is 5. The van der Waals surface area contributed by atoms with E-state index >= 15 is 0 Å². The summed E-state index contributed by atoms with van der Waals surface area (Å²) in [6.45, 7) is 9.17. The number of carbonyl (C=O) groups is 2. The molecule has 7 heteroatoms. The fourth-order valence-electron chi connectivity index (χ4n) is 7.89. The molecule has 4 saturated carbocycles. The highest BCUT2D eigenvalue weighted by Gasteiger charge is 2.63. The smallest absolute Gasteiger partial charge is 0.348 e. The number of hydrogen-bond acceptors (Lipinski definition) is 3. The van der Waals surface area contributed by atoms with Crippen LogP contribution in [0.1, 0.15) is 71.6 Å². The van der Waals surface area contributed by atoms with Gasteiger partial charge in [0, 0.05) is 23.6 Å². The van der Waals surface area contributed by atoms with Gasteiger partial charge in [0.05, 0.1) is 0 Å². The first-order valence-electron chi connectivity index (χ1n) is 12.2. The Morgan fingerprint density at radius 1 is 1.19 bits per heavy atom. The van der Waals surface area contributed by atoms with Gasteiger partial charge in [0.15, 0.2) is 0 Å². The summed E-state index contributed by atoms with van der Waals surface area (Å²) in [5.74, 6) is 1.19. The van der Waals surface area contributed by atoms with Crippen LogP contribution in [0, 0.1) is 34.5 Å². The van der Waals surface area contributed by atoms with Gasteiger partial charge < -0.3 is 5.32 Å². The minimum Gasteiger partial charge on any atom is -0.348 e. The van der Waals surface area contributed by atoms with Crippen molar-refractivity contribution in [3.8, 4) is 0 Å². The van der Waals surface area contributed by atoms with Crippen LogP contribution in [0.2, 0.25) is 0 Å². The molecular formula is C25H36F3NO2S. The minimum absolute atomic E-state index is 0.0105. The number of allylic oxidation sites excluding steroid dienone is 1. The van der Waals surface area contributed by atoms with Crippen LogP contribution in [0.5, 0.6) is 0 Å². The molecule has 180 valence electrons. The summed E-state index contributed by atoms with van der Waals surface area (Å²) in [5.41, 5.74) is 1.40. The lowest BCUT2D eigenvalue weighted by Gasteiger charge is -2.60. The van der Waals surface area contributed by atoms with E-state index in [0.717, 1.165) is 19.3 Å². The van der Waals surface area contributed by atoms with E-state index in [1.165, 1.54) is 31.3 Å². The second-order valence-corrected chi connectivity index (χ2v) is 12.4. The first kappa shape index (κ1) is 24.2. The van der Waals surface area contributed by atoms with Crippen molar-refractivity contribution in [2.24, 2.45) is 34.5 Å². The molecule has 0 aliphatic heterocycles. The maximum absolute atomic E-state index is 13.1. The van der Waals surface area contributed by atoms with E-state index in [1.54, 1.807) is 11.8 Å². The van der Waals surface area contributed by atoms with E-state index in [9.17, 15) is 22.8 Å². The number of carbonyl (C=O) groups excluding carboxylic acids is 2. The molecule has 0 saturated heterocycles. The van der Waals surface area contributed by atoms with Crippen LogP contribution in [0.4, 0.5) is 13.2 Å². The number of nitrogens with one attached hydrogen (secondary N) is 1. The Labute approximate surface area is 193 Å². The summed E-state index contributed by atoms with van der Waals surface area (Å²) in [5, 5.41) is 2.17. The summed E-state index contributed by atoms with van der Waals surface area (Å²) >= 11 is 1.73. The molecule has 4 aliphatic rings. The Morgan fingerprint density at radius 3 is 2.66 bits per heavy atom. The zero-order valence-electron chi connectivity index (χ0n) is 19.2. The Morgan fingerprint density at radius 2 is 1.94 bits per heavy atom. The van der Waals surface area contributed by atoms with Gasteiger partial charge in [-0.1, -0.05) is 38.8 Å². The molecule has 0 spiro atoms. The van der Waals surface area contributed by atoms with Gasteiger partial charge in [-0.2, -0.15) is 24.9 Å². The van der Waals surface area contributed by atoms with Crippen LogP contribution in [-0.2, 0) is 9.59 Å². The standard InChI is InChI=1S/C25H36F3NO2S/c1-15-13-16-18(23(2)9-5-4-7-17(15)23)8-10-24(3)20(30)14-19(21(16)24)32-12-6-11-29-22(31)25(26,27)28/h16-19,21H,1,4-14H2,2-3H3,(H,29,31)/t16-,17-,18+,19?,21-,23+,24-/m1/s1. The van der Waals surface area contributed by atoms with Crippen molar-refractivity contribution in [2.45, 2.75) is 83.1 Å². The molecule has 32 heavy (non-hydrogen) atoms. The number of thioether (sulfide) groups is 1. The normalized spacial score (nSPS) is 41.6. The maximum atomic E-state index is 13.1. The first-order valence-corrected chi connectivity index (χ1v) is 13.2. The Bertz CT molecular complexity index is 784. The molecule has 1 N–H and O–H groups in total. The molecule has 4 aliphatic carbocycles. The van der Waals surface area contributed by atoms with Crippen LogP contribution >= 0.6 is 11.8 Å². The number of Topliss-reactive ketones (excluding diaryl/α,β-unsaturated/α-hetero) is 1. The minimum atomic E-state index is -4.83. The number of rotatable bonds is 5. The van der Waals surface area contributed by atoms with Crippen LogP contribution in [0.3, 0.4) is 0 Å². The van der Waals surface area contributed by atoms with E-state index in [1.807, 2.05) is 5.32 Å². The summed E-state index contributed by atoms with van der Waals surface area (Å²) in [6, 6.07) is 0. The molecule has 4 rings (SSSR count). The number of halogens is 3. The third-order valence-electron chi connectivity index (χ3n) is 9.40. The van der Waals surface area contributed by atoms with E-state index in [-0.39, 0.29) is 17.2 Å². The average molecular weight is 472 g/mol. The summed E-state index contributed by atoms with van der Waals surface area (Å²) < 4.78 is 37.1. The molecule has 3 nitrogen and oxygen atoms in total. The van der Waals surface area contributed by atoms with Crippen molar-refractivity contribution < 1.29 is 22.8 Å². The number of alkyl halides is 3. The lowest BCUT2D eigenvalue weighted by Crippen LogP contribution is -2.54. The van der Waals surface area contributed by atoms with Gasteiger partial charge in [0.2, 0.25) is 0 Å². The third kappa shape index (κ3) is 4.05. The van der Waals surface area contributed by atoms with Gasteiger partial charge in [-0.15, -0.1) is 0 Å². The second kappa shape index (κ2) is 8.66. The highest BCUT2D eigenvalue weighted by atomic mass is 32.2. The fourth-order valence-corrected chi connectivity index (χ4v) is 9.48. The second-order valence-electron chi connectivity index (χ2n) is 11.1. The van der Waals surface area contributed by atoms with Crippen LogP contribution < -0.4 is 5.32 Å². The predicted molar refractivity (Wildman–Crippen MR) is 121 cm³/mol. The molecule has 7 atom stereocenters. The predicted octanol–water partition coefficient (Wildman–Crippen LogP) is 5.93. The number of amides is 1. The van der Waals surface area contributed by atoms with Crippen LogP contribution in [-0.4, -0.2) is 35.4 Å². The molecule has 0 aromatic carbocycles. The topological polar surface area (TPSA) is 46.2 Å². The van der Waals surface area contributed by atoms with Crippen LogP contribution in [0.25, 0.3) is 0 Å². The van der Waals surface area contributed by atoms with Crippen molar-refractivity contribution >= 4 is 23.5 Å². The van der Waals surface area contributed by atoms with E-state index in [4.69, 9.17) is 0 Å². The molecule has 4 fully saturated rings. The Kier molecular flexibility index (Phi) is 6.54. The van der Waals surface area contributed by atoms with E-state index < -0.39 is 12.1 Å². The lowest BCUT2D eigenvalue weighted by atomic mass is 9.44. The van der Waals surface area contributed by atoms with Gasteiger partial charge in [0.1, 0.15) is 5.78 Å². The Balaban J connectivity index is 1.44. The van der Waals surface area contributed by atoms with Gasteiger partial charge in [-0.05, 0) is 73.4 Å². The molecule has 1 amide bonds. The molecule has 0 aromatic heterocycles. The van der Waals surface area contributed by atoms with Gasteiger partial charge in [-0.25, -0.2) is 0 Å². The third-order valence-corrected chi connectivity index (χ3v) is 10.8. The molecule has 0 heterocycles. The van der Waals surface area contributed by atoms with E-state index in [2.05, 4.69) is 20.4 Å². The highest BCUT2D eigenvalue weighted by molar-refractivity contribution is 7.99. The summed E-state index contributed by atoms with van der Waals surface area (Å²) in [7, 11) is 0. The lowest BCUT2D eigenvalue weighted by molar-refractivity contribution is -0.173. The SMILES string of the molecule is C=C1C[C@@H]2[C@H](CC[C@]3(C)C(=O)CC(SCCCNC(=O)C(F)(F)F)[C@@H]23)[C@@]2(C)CCCC[C@H]12. The summed E-state index contributed by atoms with van der Waals surface area (Å²) in [4.78, 5) is 24.1. The van der Waals surface area contributed by atoms with Crippen molar-refractivity contribution in [1.82, 2.24) is 5.32 Å². The molecule has 0 aromatic rings. The highest BCUT2D eigenvalue weighted by Crippen LogP contribution is 2.67. The zero-order chi connectivity index (χ0) is 23.3. The maximum Gasteiger partial charge on any atom is 0.471 e. The van der Waals surface area contributed by atoms with Crippen molar-refractivity contribution in [2.75, 3.05) is 12.3 Å². The number of hydrogen-bond donors (Lipinski definition) is 1. The van der Waals surface area contributed by atoms with Crippen molar-refractivity contribution in [1.29, 1.82) is 0 Å². The largest absolute Gasteiger partial charge is 0.471 e. The fraction of sp³-hybridized carbons (Fsp3) is 0.840. The van der Waals surface area contributed by atoms with Crippen molar-refractivity contribution in [3.63, 3.8) is 0 Å². The molecule has 0 bridgehead atoms. The van der Waals surface area contributed by atoms with Gasteiger partial charge in [-0.3, -0.25) is 9.59 Å². The van der Waals surface area contributed by atoms with Crippen molar-refractivity contribution in [3.05, 3.63) is 12.2 Å². The first-order chi connectivity index (χ1) is 15.0. The molecule has 1 unspecified atom stereocenters. The average Bonchev–Trinajstić information content (AvgIpc) is 2.97. The quantitative estimate of drug-likeness (QED) is 0.399. The molecule has 0 radical (unpaired) electrons. The zero-order valence-corrected chi connectivity index (χ0v) is 20.0. The monoisotopic (exact) mass is 471 g/mol. The van der Waals surface area contributed by atoms with Crippen LogP contribution in [0.15, 0.2) is 12.2 Å². The Hall–Kier alpha value is -0.980. The molecular weight excluding hydrogens is 435 g/mol. The number of ketones is 1.